The third-order valence-electron chi connectivity index (χ3n) is 2.80. The maximum absolute atomic E-state index is 5.93. The molecule has 4 nitrogen and oxygen atoms in total. The summed E-state index contributed by atoms with van der Waals surface area (Å²) < 4.78 is 1.96. The summed E-state index contributed by atoms with van der Waals surface area (Å²) in [6, 6.07) is 7.68. The highest BCUT2D eigenvalue weighted by atomic mass is 35.5. The molecular formula is C13H11ClN4S. The summed E-state index contributed by atoms with van der Waals surface area (Å²) in [5.74, 6) is 0. The van der Waals surface area contributed by atoms with Gasteiger partial charge in [0.15, 0.2) is 0 Å². The molecule has 1 N–H and O–H groups in total. The van der Waals surface area contributed by atoms with E-state index < -0.39 is 0 Å². The number of aromatic amines is 1. The summed E-state index contributed by atoms with van der Waals surface area (Å²) in [7, 11) is 0. The van der Waals surface area contributed by atoms with Gasteiger partial charge in [-0.15, -0.1) is 11.8 Å². The van der Waals surface area contributed by atoms with Gasteiger partial charge in [-0.05, 0) is 18.4 Å². The molecule has 0 unspecified atom stereocenters. The first-order valence-electron chi connectivity index (χ1n) is 5.66. The van der Waals surface area contributed by atoms with Crippen molar-refractivity contribution in [2.24, 2.45) is 0 Å². The van der Waals surface area contributed by atoms with Crippen molar-refractivity contribution in [2.45, 2.75) is 5.03 Å². The SMILES string of the molecule is CSc1n[nH]c(-c2ccc(Cl)cc2)c1-n1ccnc1. The second-order valence-corrected chi connectivity index (χ2v) is 5.16. The molecule has 96 valence electrons. The van der Waals surface area contributed by atoms with E-state index >= 15 is 0 Å². The second kappa shape index (κ2) is 5.11. The lowest BCUT2D eigenvalue weighted by atomic mass is 10.1. The van der Waals surface area contributed by atoms with Gasteiger partial charge in [-0.1, -0.05) is 23.7 Å². The highest BCUT2D eigenvalue weighted by molar-refractivity contribution is 7.98. The number of thioether (sulfide) groups is 1. The first-order valence-corrected chi connectivity index (χ1v) is 7.26. The lowest BCUT2D eigenvalue weighted by Gasteiger charge is -2.05. The van der Waals surface area contributed by atoms with E-state index in [1.165, 1.54) is 0 Å². The summed E-state index contributed by atoms with van der Waals surface area (Å²) in [5.41, 5.74) is 3.01. The van der Waals surface area contributed by atoms with Crippen LogP contribution in [0.3, 0.4) is 0 Å². The van der Waals surface area contributed by atoms with E-state index in [1.807, 2.05) is 41.3 Å². The maximum atomic E-state index is 5.93. The minimum atomic E-state index is 0.720. The van der Waals surface area contributed by atoms with E-state index in [0.29, 0.717) is 0 Å². The second-order valence-electron chi connectivity index (χ2n) is 3.93. The van der Waals surface area contributed by atoms with Crippen molar-refractivity contribution in [3.63, 3.8) is 0 Å². The molecule has 0 radical (unpaired) electrons. The van der Waals surface area contributed by atoms with Gasteiger partial charge >= 0.3 is 0 Å². The van der Waals surface area contributed by atoms with E-state index in [0.717, 1.165) is 27.0 Å². The Bertz CT molecular complexity index is 673. The van der Waals surface area contributed by atoms with Gasteiger partial charge in [-0.2, -0.15) is 5.10 Å². The van der Waals surface area contributed by atoms with Crippen LogP contribution in [0.1, 0.15) is 0 Å². The molecule has 0 atom stereocenters. The molecule has 0 aliphatic rings. The number of H-pyrrole nitrogens is 1. The van der Waals surface area contributed by atoms with Crippen LogP contribution >= 0.6 is 23.4 Å². The van der Waals surface area contributed by atoms with Gasteiger partial charge in [0.1, 0.15) is 10.7 Å². The minimum Gasteiger partial charge on any atom is -0.302 e. The van der Waals surface area contributed by atoms with Crippen LogP contribution in [-0.2, 0) is 0 Å². The zero-order chi connectivity index (χ0) is 13.2. The smallest absolute Gasteiger partial charge is 0.142 e. The largest absolute Gasteiger partial charge is 0.302 e. The number of hydrogen-bond acceptors (Lipinski definition) is 3. The Morgan fingerprint density at radius 2 is 2.05 bits per heavy atom. The Hall–Kier alpha value is -1.72. The van der Waals surface area contributed by atoms with Crippen molar-refractivity contribution in [1.82, 2.24) is 19.7 Å². The molecule has 0 saturated heterocycles. The Kier molecular flexibility index (Phi) is 3.31. The van der Waals surface area contributed by atoms with Crippen molar-refractivity contribution in [3.05, 3.63) is 48.0 Å². The van der Waals surface area contributed by atoms with E-state index in [1.54, 1.807) is 24.3 Å². The fourth-order valence-corrected chi connectivity index (χ4v) is 2.57. The Balaban J connectivity index is 2.17. The van der Waals surface area contributed by atoms with Crippen LogP contribution in [0, 0.1) is 0 Å². The molecule has 0 saturated carbocycles. The van der Waals surface area contributed by atoms with Crippen molar-refractivity contribution in [3.8, 4) is 16.9 Å². The standard InChI is InChI=1S/C13H11ClN4S/c1-19-13-12(18-7-6-15-8-18)11(16-17-13)9-2-4-10(14)5-3-9/h2-8H,1H3,(H,16,17). The van der Waals surface area contributed by atoms with E-state index in [4.69, 9.17) is 11.6 Å². The van der Waals surface area contributed by atoms with Gasteiger partial charge in [-0.3, -0.25) is 5.10 Å². The van der Waals surface area contributed by atoms with Crippen molar-refractivity contribution >= 4 is 23.4 Å². The number of hydrogen-bond donors (Lipinski definition) is 1. The average Bonchev–Trinajstić information content (AvgIpc) is 3.07. The third-order valence-corrected chi connectivity index (χ3v) is 3.72. The zero-order valence-electron chi connectivity index (χ0n) is 10.2. The molecule has 0 bridgehead atoms. The number of aromatic nitrogens is 4. The number of halogens is 1. The third kappa shape index (κ3) is 2.27. The number of imidazole rings is 1. The lowest BCUT2D eigenvalue weighted by molar-refractivity contribution is 0.975. The van der Waals surface area contributed by atoms with Gasteiger partial charge in [0.05, 0.1) is 12.0 Å². The first kappa shape index (κ1) is 12.3. The molecule has 2 heterocycles. The van der Waals surface area contributed by atoms with Crippen molar-refractivity contribution < 1.29 is 0 Å². The summed E-state index contributed by atoms with van der Waals surface area (Å²) in [4.78, 5) is 4.09. The van der Waals surface area contributed by atoms with Crippen LogP contribution in [0.25, 0.3) is 16.9 Å². The van der Waals surface area contributed by atoms with Crippen molar-refractivity contribution in [1.29, 1.82) is 0 Å². The minimum absolute atomic E-state index is 0.720. The van der Waals surface area contributed by atoms with E-state index in [2.05, 4.69) is 15.2 Å². The quantitative estimate of drug-likeness (QED) is 0.749. The highest BCUT2D eigenvalue weighted by Gasteiger charge is 2.15. The number of benzene rings is 1. The lowest BCUT2D eigenvalue weighted by Crippen LogP contribution is -1.93. The van der Waals surface area contributed by atoms with Gasteiger partial charge in [-0.25, -0.2) is 4.98 Å². The molecule has 0 fully saturated rings. The number of rotatable bonds is 3. The first-order chi connectivity index (χ1) is 9.29. The predicted octanol–water partition coefficient (Wildman–Crippen LogP) is 3.64. The molecule has 2 aromatic heterocycles. The zero-order valence-corrected chi connectivity index (χ0v) is 11.7. The molecule has 0 aliphatic heterocycles. The summed E-state index contributed by atoms with van der Waals surface area (Å²) in [6.45, 7) is 0. The maximum Gasteiger partial charge on any atom is 0.142 e. The fraction of sp³-hybridized carbons (Fsp3) is 0.0769. The van der Waals surface area contributed by atoms with E-state index in [9.17, 15) is 0 Å². The Morgan fingerprint density at radius 1 is 1.26 bits per heavy atom. The number of nitrogens with zero attached hydrogens (tertiary/aromatic N) is 3. The van der Waals surface area contributed by atoms with Gasteiger partial charge < -0.3 is 4.57 Å². The van der Waals surface area contributed by atoms with Crippen molar-refractivity contribution in [2.75, 3.05) is 6.26 Å². The van der Waals surface area contributed by atoms with Crippen LogP contribution in [0.2, 0.25) is 5.02 Å². The summed E-state index contributed by atoms with van der Waals surface area (Å²) in [6.07, 6.45) is 7.43. The van der Waals surface area contributed by atoms with Crippen LogP contribution in [-0.4, -0.2) is 26.0 Å². The fourth-order valence-electron chi connectivity index (χ4n) is 1.91. The molecule has 3 rings (SSSR count). The molecule has 6 heteroatoms. The number of nitrogens with one attached hydrogen (secondary N) is 1. The van der Waals surface area contributed by atoms with Gasteiger partial charge in [0.25, 0.3) is 0 Å². The molecular weight excluding hydrogens is 280 g/mol. The highest BCUT2D eigenvalue weighted by Crippen LogP contribution is 2.32. The van der Waals surface area contributed by atoms with E-state index in [-0.39, 0.29) is 0 Å². The molecule has 19 heavy (non-hydrogen) atoms. The van der Waals surface area contributed by atoms with Crippen LogP contribution in [0.4, 0.5) is 0 Å². The molecule has 0 spiro atoms. The molecule has 0 amide bonds. The summed E-state index contributed by atoms with van der Waals surface area (Å²) >= 11 is 7.52. The predicted molar refractivity (Wildman–Crippen MR) is 77.9 cm³/mol. The monoisotopic (exact) mass is 290 g/mol. The topological polar surface area (TPSA) is 46.5 Å². The Morgan fingerprint density at radius 3 is 2.68 bits per heavy atom. The van der Waals surface area contributed by atoms with Gasteiger partial charge in [0, 0.05) is 23.0 Å². The van der Waals surface area contributed by atoms with Crippen LogP contribution < -0.4 is 0 Å². The van der Waals surface area contributed by atoms with Crippen LogP contribution in [0.5, 0.6) is 0 Å². The molecule has 0 aliphatic carbocycles. The Labute approximate surface area is 119 Å². The van der Waals surface area contributed by atoms with Crippen LogP contribution in [0.15, 0.2) is 48.0 Å². The molecule has 3 aromatic rings. The molecule has 1 aromatic carbocycles. The summed E-state index contributed by atoms with van der Waals surface area (Å²) in [5, 5.41) is 9.09. The van der Waals surface area contributed by atoms with Gasteiger partial charge in [0.2, 0.25) is 0 Å². The normalized spacial score (nSPS) is 10.8. The average molecular weight is 291 g/mol.